The molecule has 0 fully saturated rings. The number of hydrogen-bond acceptors (Lipinski definition) is 3. The highest BCUT2D eigenvalue weighted by molar-refractivity contribution is 9.10. The maximum atomic E-state index is 9.05. The molecule has 0 aromatic heterocycles. The first-order valence-electron chi connectivity index (χ1n) is 5.50. The molecule has 1 unspecified atom stereocenters. The highest BCUT2D eigenvalue weighted by atomic mass is 79.9. The molecule has 4 heteroatoms. The number of aryl methyl sites for hydroxylation is 1. The molecular formula is C12H16BrNO2. The molecule has 0 radical (unpaired) electrons. The zero-order chi connectivity index (χ0) is 11.5. The standard InChI is InChI=1S/C12H16BrNO2/c13-9-2-3-11-8(5-9)1-4-12(11)14-10(6-15)7-16/h2-3,5,10,12,14-16H,1,4,6-7H2. The lowest BCUT2D eigenvalue weighted by Crippen LogP contribution is -2.37. The quantitative estimate of drug-likeness (QED) is 0.784. The fourth-order valence-corrected chi connectivity index (χ4v) is 2.62. The van der Waals surface area contributed by atoms with E-state index in [-0.39, 0.29) is 25.3 Å². The third kappa shape index (κ3) is 2.46. The minimum atomic E-state index is -0.223. The normalized spacial score (nSPS) is 19.1. The fraction of sp³-hybridized carbons (Fsp3) is 0.500. The summed E-state index contributed by atoms with van der Waals surface area (Å²) in [5.74, 6) is 0. The molecule has 88 valence electrons. The van der Waals surface area contributed by atoms with E-state index >= 15 is 0 Å². The number of aliphatic hydroxyl groups is 2. The van der Waals surface area contributed by atoms with E-state index in [9.17, 15) is 0 Å². The Morgan fingerprint density at radius 3 is 2.81 bits per heavy atom. The lowest BCUT2D eigenvalue weighted by Gasteiger charge is -2.20. The summed E-state index contributed by atoms with van der Waals surface area (Å²) >= 11 is 3.46. The summed E-state index contributed by atoms with van der Waals surface area (Å²) in [6, 6.07) is 6.32. The van der Waals surface area contributed by atoms with Crippen molar-refractivity contribution in [1.29, 1.82) is 0 Å². The van der Waals surface area contributed by atoms with Crippen molar-refractivity contribution in [2.75, 3.05) is 13.2 Å². The minimum absolute atomic E-state index is 0.0289. The Hall–Kier alpha value is -0.420. The van der Waals surface area contributed by atoms with E-state index < -0.39 is 0 Å². The van der Waals surface area contributed by atoms with Gasteiger partial charge in [-0.1, -0.05) is 22.0 Å². The van der Waals surface area contributed by atoms with Gasteiger partial charge in [-0.05, 0) is 36.1 Å². The second-order valence-corrected chi connectivity index (χ2v) is 5.08. The zero-order valence-electron chi connectivity index (χ0n) is 8.99. The molecule has 3 N–H and O–H groups in total. The minimum Gasteiger partial charge on any atom is -0.395 e. The summed E-state index contributed by atoms with van der Waals surface area (Å²) in [6.07, 6.45) is 2.08. The summed E-state index contributed by atoms with van der Waals surface area (Å²) in [5.41, 5.74) is 2.64. The molecule has 0 saturated carbocycles. The maximum Gasteiger partial charge on any atom is 0.0607 e. The van der Waals surface area contributed by atoms with Crippen molar-refractivity contribution in [3.63, 3.8) is 0 Å². The molecule has 3 nitrogen and oxygen atoms in total. The maximum absolute atomic E-state index is 9.05. The Bertz CT molecular complexity index is 366. The van der Waals surface area contributed by atoms with Crippen molar-refractivity contribution >= 4 is 15.9 Å². The third-order valence-electron chi connectivity index (χ3n) is 3.06. The van der Waals surface area contributed by atoms with Crippen LogP contribution >= 0.6 is 15.9 Å². The zero-order valence-corrected chi connectivity index (χ0v) is 10.6. The Morgan fingerprint density at radius 1 is 1.38 bits per heavy atom. The smallest absolute Gasteiger partial charge is 0.0607 e. The molecule has 0 bridgehead atoms. The third-order valence-corrected chi connectivity index (χ3v) is 3.55. The first kappa shape index (κ1) is 12.0. The van der Waals surface area contributed by atoms with E-state index in [1.54, 1.807) is 0 Å². The number of nitrogens with one attached hydrogen (secondary N) is 1. The van der Waals surface area contributed by atoms with E-state index in [1.807, 2.05) is 6.07 Å². The van der Waals surface area contributed by atoms with Crippen LogP contribution in [0.2, 0.25) is 0 Å². The monoisotopic (exact) mass is 285 g/mol. The van der Waals surface area contributed by atoms with Crippen molar-refractivity contribution in [3.05, 3.63) is 33.8 Å². The van der Waals surface area contributed by atoms with Gasteiger partial charge < -0.3 is 15.5 Å². The van der Waals surface area contributed by atoms with Crippen LogP contribution in [0.5, 0.6) is 0 Å². The van der Waals surface area contributed by atoms with Gasteiger partial charge >= 0.3 is 0 Å². The van der Waals surface area contributed by atoms with Crippen molar-refractivity contribution < 1.29 is 10.2 Å². The van der Waals surface area contributed by atoms with E-state index in [0.717, 1.165) is 17.3 Å². The van der Waals surface area contributed by atoms with Gasteiger partial charge in [-0.25, -0.2) is 0 Å². The van der Waals surface area contributed by atoms with Crippen LogP contribution in [-0.2, 0) is 6.42 Å². The molecule has 2 rings (SSSR count). The largest absolute Gasteiger partial charge is 0.395 e. The predicted molar refractivity (Wildman–Crippen MR) is 66.3 cm³/mol. The summed E-state index contributed by atoms with van der Waals surface area (Å²) < 4.78 is 1.10. The van der Waals surface area contributed by atoms with Crippen molar-refractivity contribution in [1.82, 2.24) is 5.32 Å². The molecule has 0 saturated heterocycles. The Labute approximate surface area is 104 Å². The molecular weight excluding hydrogens is 270 g/mol. The van der Waals surface area contributed by atoms with Crippen LogP contribution < -0.4 is 5.32 Å². The number of fused-ring (bicyclic) bond motifs is 1. The van der Waals surface area contributed by atoms with Gasteiger partial charge in [0.2, 0.25) is 0 Å². The van der Waals surface area contributed by atoms with Gasteiger partial charge in [0, 0.05) is 10.5 Å². The summed E-state index contributed by atoms with van der Waals surface area (Å²) in [7, 11) is 0. The molecule has 1 aliphatic rings. The average Bonchev–Trinajstić information content (AvgIpc) is 2.68. The average molecular weight is 286 g/mol. The molecule has 1 atom stereocenters. The van der Waals surface area contributed by atoms with Gasteiger partial charge in [0.25, 0.3) is 0 Å². The van der Waals surface area contributed by atoms with Gasteiger partial charge in [0.05, 0.1) is 19.3 Å². The summed E-state index contributed by atoms with van der Waals surface area (Å²) in [4.78, 5) is 0. The molecule has 1 aliphatic carbocycles. The fourth-order valence-electron chi connectivity index (χ4n) is 2.21. The lowest BCUT2D eigenvalue weighted by atomic mass is 10.1. The number of benzene rings is 1. The molecule has 1 aromatic rings. The van der Waals surface area contributed by atoms with Gasteiger partial charge in [0.15, 0.2) is 0 Å². The highest BCUT2D eigenvalue weighted by Crippen LogP contribution is 2.33. The topological polar surface area (TPSA) is 52.5 Å². The number of aliphatic hydroxyl groups excluding tert-OH is 2. The Balaban J connectivity index is 2.11. The van der Waals surface area contributed by atoms with Crippen molar-refractivity contribution in [2.45, 2.75) is 24.9 Å². The van der Waals surface area contributed by atoms with Crippen LogP contribution in [0.15, 0.2) is 22.7 Å². The van der Waals surface area contributed by atoms with Crippen molar-refractivity contribution in [2.24, 2.45) is 0 Å². The van der Waals surface area contributed by atoms with Gasteiger partial charge in [-0.15, -0.1) is 0 Å². The predicted octanol–water partition coefficient (Wildman–Crippen LogP) is 1.38. The SMILES string of the molecule is OCC(CO)NC1CCc2cc(Br)ccc21. The molecule has 16 heavy (non-hydrogen) atoms. The number of rotatable bonds is 4. The van der Waals surface area contributed by atoms with Crippen LogP contribution in [-0.4, -0.2) is 29.5 Å². The second kappa shape index (κ2) is 5.27. The number of halogens is 1. The van der Waals surface area contributed by atoms with Gasteiger partial charge in [-0.3, -0.25) is 0 Å². The van der Waals surface area contributed by atoms with Crippen LogP contribution in [0, 0.1) is 0 Å². The number of hydrogen-bond donors (Lipinski definition) is 3. The van der Waals surface area contributed by atoms with Gasteiger partial charge in [0.1, 0.15) is 0 Å². The van der Waals surface area contributed by atoms with Crippen LogP contribution in [0.25, 0.3) is 0 Å². The molecule has 0 amide bonds. The van der Waals surface area contributed by atoms with E-state index in [4.69, 9.17) is 10.2 Å². The second-order valence-electron chi connectivity index (χ2n) is 4.16. The summed E-state index contributed by atoms with van der Waals surface area (Å²) in [5, 5.41) is 21.4. The van der Waals surface area contributed by atoms with E-state index in [0.29, 0.717) is 0 Å². The molecule has 1 aromatic carbocycles. The van der Waals surface area contributed by atoms with Crippen LogP contribution in [0.1, 0.15) is 23.6 Å². The van der Waals surface area contributed by atoms with E-state index in [2.05, 4.69) is 33.4 Å². The lowest BCUT2D eigenvalue weighted by molar-refractivity contribution is 0.162. The Kier molecular flexibility index (Phi) is 3.97. The van der Waals surface area contributed by atoms with Crippen molar-refractivity contribution in [3.8, 4) is 0 Å². The molecule has 0 spiro atoms. The molecule has 0 heterocycles. The first-order chi connectivity index (χ1) is 7.74. The van der Waals surface area contributed by atoms with Crippen LogP contribution in [0.3, 0.4) is 0 Å². The highest BCUT2D eigenvalue weighted by Gasteiger charge is 2.24. The van der Waals surface area contributed by atoms with Crippen LogP contribution in [0.4, 0.5) is 0 Å². The Morgan fingerprint density at radius 2 is 2.12 bits per heavy atom. The molecule has 0 aliphatic heterocycles. The summed E-state index contributed by atoms with van der Waals surface area (Å²) in [6.45, 7) is -0.0578. The van der Waals surface area contributed by atoms with E-state index in [1.165, 1.54) is 11.1 Å². The first-order valence-corrected chi connectivity index (χ1v) is 6.30. The van der Waals surface area contributed by atoms with Gasteiger partial charge in [-0.2, -0.15) is 0 Å².